The zero-order valence-corrected chi connectivity index (χ0v) is 46.0. The van der Waals surface area contributed by atoms with E-state index in [1.807, 2.05) is 44.7 Å². The molecule has 2 aromatic rings. The molecule has 1 aromatic carbocycles. The molecule has 1 unspecified atom stereocenters. The fourth-order valence-electron chi connectivity index (χ4n) is 12.0. The maximum atomic E-state index is 14.8. The number of methoxy groups -OCH3 is 2. The van der Waals surface area contributed by atoms with Crippen molar-refractivity contribution < 1.29 is 68.3 Å². The van der Waals surface area contributed by atoms with Crippen molar-refractivity contribution in [3.8, 4) is 0 Å². The Bertz CT molecular complexity index is 2080. The first-order valence-electron chi connectivity index (χ1n) is 26.1. The molecule has 20 atom stereocenters. The summed E-state index contributed by atoms with van der Waals surface area (Å²) in [5.41, 5.74) is -2.08. The number of likely N-dealkylation sites (N-methyl/N-ethyl adjacent to an activating group) is 2. The molecule has 1 aromatic heterocycles. The van der Waals surface area contributed by atoms with Gasteiger partial charge < -0.3 is 69.0 Å². The van der Waals surface area contributed by atoms with E-state index in [1.54, 1.807) is 78.9 Å². The first kappa shape index (κ1) is 60.6. The Morgan fingerprint density at radius 3 is 2.26 bits per heavy atom. The van der Waals surface area contributed by atoms with E-state index in [9.17, 15) is 39.9 Å². The number of alkyl halides is 1. The van der Waals surface area contributed by atoms with Crippen molar-refractivity contribution in [2.24, 2.45) is 28.8 Å². The van der Waals surface area contributed by atoms with Crippen LogP contribution in [0.5, 0.6) is 0 Å². The molecule has 4 heterocycles. The van der Waals surface area contributed by atoms with Gasteiger partial charge in [-0.2, -0.15) is 0 Å². The summed E-state index contributed by atoms with van der Waals surface area (Å²) in [5.74, 6) is -3.28. The highest BCUT2D eigenvalue weighted by Crippen LogP contribution is 2.45. The Hall–Kier alpha value is -3.25. The molecule has 3 aliphatic rings. The largest absolute Gasteiger partial charge is 0.459 e. The molecule has 6 N–H and O–H groups in total. The third kappa shape index (κ3) is 13.7. The van der Waals surface area contributed by atoms with E-state index in [0.717, 1.165) is 0 Å². The highest BCUT2D eigenvalue weighted by molar-refractivity contribution is 5.98. The van der Waals surface area contributed by atoms with Crippen LogP contribution in [0, 0.1) is 23.7 Å². The van der Waals surface area contributed by atoms with Gasteiger partial charge in [-0.3, -0.25) is 4.79 Å². The number of rotatable bonds is 15. The zero-order chi connectivity index (χ0) is 54.5. The molecule has 20 heteroatoms. The highest BCUT2D eigenvalue weighted by Gasteiger charge is 2.55. The number of aliphatic hydroxyl groups is 5. The van der Waals surface area contributed by atoms with E-state index in [0.29, 0.717) is 48.5 Å². The summed E-state index contributed by atoms with van der Waals surface area (Å²) in [6.45, 7) is 19.5. The number of aromatic nitrogens is 3. The van der Waals surface area contributed by atoms with Gasteiger partial charge in [0, 0.05) is 64.3 Å². The number of carbonyl (C=O) groups is 1. The molecule has 0 bridgehead atoms. The molecule has 3 saturated heterocycles. The number of carbonyl (C=O) groups excluding carboxylic acids is 1. The first-order valence-corrected chi connectivity index (χ1v) is 26.1. The fourth-order valence-corrected chi connectivity index (χ4v) is 12.0. The molecule has 0 saturated carbocycles. The maximum absolute atomic E-state index is 14.8. The lowest BCUT2D eigenvalue weighted by atomic mass is 9.68. The van der Waals surface area contributed by atoms with Crippen LogP contribution in [0.15, 0.2) is 35.6 Å². The number of hydrogen-bond acceptors (Lipinski definition) is 18. The van der Waals surface area contributed by atoms with Crippen LogP contribution in [0.4, 0.5) is 4.39 Å². The van der Waals surface area contributed by atoms with Gasteiger partial charge >= 0.3 is 5.97 Å². The maximum Gasteiger partial charge on any atom is 0.309 e. The van der Waals surface area contributed by atoms with E-state index in [1.165, 1.54) is 25.8 Å². The Kier molecular flexibility index (Phi) is 21.0. The molecule has 0 aliphatic carbocycles. The summed E-state index contributed by atoms with van der Waals surface area (Å²) in [4.78, 5) is 18.6. The monoisotopic (exact) mass is 1040 g/mol. The van der Waals surface area contributed by atoms with Crippen LogP contribution in [-0.2, 0) is 39.6 Å². The second-order valence-electron chi connectivity index (χ2n) is 22.4. The molecule has 0 amide bonds. The first-order chi connectivity index (χ1) is 34.2. The van der Waals surface area contributed by atoms with Crippen molar-refractivity contribution in [2.75, 3.05) is 48.1 Å². The summed E-state index contributed by atoms with van der Waals surface area (Å²) in [6.07, 6.45) is -6.41. The number of benzene rings is 1. The van der Waals surface area contributed by atoms with E-state index < -0.39 is 127 Å². The Morgan fingerprint density at radius 2 is 1.67 bits per heavy atom. The minimum absolute atomic E-state index is 0.167. The predicted octanol–water partition coefficient (Wildman–Crippen LogP) is 4.48. The zero-order valence-electron chi connectivity index (χ0n) is 46.0. The van der Waals surface area contributed by atoms with Gasteiger partial charge in [0.05, 0.1) is 52.9 Å². The Labute approximate surface area is 432 Å². The second-order valence-corrected chi connectivity index (χ2v) is 22.4. The number of oxime groups is 1. The van der Waals surface area contributed by atoms with E-state index in [4.69, 9.17) is 28.4 Å². The minimum Gasteiger partial charge on any atom is -0.459 e. The molecule has 3 fully saturated rings. The van der Waals surface area contributed by atoms with Crippen molar-refractivity contribution in [3.63, 3.8) is 0 Å². The quantitative estimate of drug-likeness (QED) is 0.0624. The summed E-state index contributed by atoms with van der Waals surface area (Å²) < 4.78 is 54.2. The number of esters is 1. The lowest BCUT2D eigenvalue weighted by Crippen LogP contribution is -2.62. The third-order valence-electron chi connectivity index (χ3n) is 16.6. The topological polar surface area (TPSA) is 243 Å². The van der Waals surface area contributed by atoms with Gasteiger partial charge in [0.15, 0.2) is 6.29 Å². The second kappa shape index (κ2) is 25.3. The normalized spacial score (nSPS) is 39.9. The van der Waals surface area contributed by atoms with Gasteiger partial charge in [-0.1, -0.05) is 62.3 Å². The number of nitrogens with zero attached hydrogens (tertiary/aromatic N) is 6. The van der Waals surface area contributed by atoms with Crippen LogP contribution in [0.1, 0.15) is 131 Å². The number of halogens is 1. The van der Waals surface area contributed by atoms with E-state index in [2.05, 4.69) is 15.5 Å². The van der Waals surface area contributed by atoms with Crippen molar-refractivity contribution in [3.05, 3.63) is 47.3 Å². The lowest BCUT2D eigenvalue weighted by Gasteiger charge is -2.51. The fraction of sp³-hybridized carbons (Fsp3) is 0.811. The van der Waals surface area contributed by atoms with Crippen molar-refractivity contribution >= 4 is 11.7 Å². The van der Waals surface area contributed by atoms with Gasteiger partial charge in [-0.05, 0) is 105 Å². The van der Waals surface area contributed by atoms with Crippen LogP contribution < -0.4 is 0 Å². The van der Waals surface area contributed by atoms with Gasteiger partial charge in [0.25, 0.3) is 0 Å². The molecule has 3 aliphatic heterocycles. The number of cyclic esters (lactones) is 1. The van der Waals surface area contributed by atoms with Crippen LogP contribution in [0.25, 0.3) is 0 Å². The Morgan fingerprint density at radius 1 is 1.01 bits per heavy atom. The molecule has 19 nitrogen and oxygen atoms in total. The van der Waals surface area contributed by atoms with Crippen molar-refractivity contribution in [2.45, 2.75) is 204 Å². The molecule has 5 rings (SSSR count). The third-order valence-corrected chi connectivity index (χ3v) is 16.6. The Balaban J connectivity index is 1.45. The van der Waals surface area contributed by atoms with Crippen LogP contribution in [0.2, 0.25) is 0 Å². The predicted molar refractivity (Wildman–Crippen MR) is 271 cm³/mol. The van der Waals surface area contributed by atoms with Crippen LogP contribution >= 0.6 is 0 Å². The van der Waals surface area contributed by atoms with Crippen molar-refractivity contribution in [1.82, 2.24) is 24.8 Å². The molecule has 0 spiro atoms. The van der Waals surface area contributed by atoms with E-state index >= 15 is 0 Å². The van der Waals surface area contributed by atoms with Gasteiger partial charge in [-0.25, -0.2) is 9.07 Å². The van der Waals surface area contributed by atoms with Crippen LogP contribution in [-0.4, -0.2) is 199 Å². The number of aliphatic hydroxyl groups excluding tert-OH is 3. The molecule has 73 heavy (non-hydrogen) atoms. The number of ether oxygens (including phenoxy) is 6. The summed E-state index contributed by atoms with van der Waals surface area (Å²) in [7, 11) is 6.74. The molecular weight excluding hydrogens is 948 g/mol. The summed E-state index contributed by atoms with van der Waals surface area (Å²) >= 11 is 0. The smallest absolute Gasteiger partial charge is 0.309 e. The van der Waals surface area contributed by atoms with Gasteiger partial charge in [-0.15, -0.1) is 5.10 Å². The van der Waals surface area contributed by atoms with Gasteiger partial charge in [0.1, 0.15) is 48.8 Å². The van der Waals surface area contributed by atoms with Gasteiger partial charge in [0.2, 0.25) is 0 Å². The summed E-state index contributed by atoms with van der Waals surface area (Å²) in [5, 5.41) is 81.3. The standard InChI is InChI=1S/C53H89FN6O13/c1-16-42-53(11,66)46(62)34(7)59(13)27-29(2)24-51(9,65)48(31(4)43(32(5)49(64)72-42)41-25-52(10,69-15)47(63)35(8)71-41)73-50-44(61)39(23-30(3)70-50)58(12)22-21-38-28-60(57-55-38)40(26-54)45(68-14)37-19-17-36(18-20-37)33(6)56-67/h17-20,28-32,34-35,39-48,50,61-63,65-67H,16,21-27H2,1-15H3/b56-33+/t29-,30-,31+,32-,34-,35+,39+,40-,41?,42-,43+,44-,45-,46-,47+,48-,50+,51-,52-,53-/m1/s1. The average Bonchev–Trinajstić information content (AvgIpc) is 3.82. The summed E-state index contributed by atoms with van der Waals surface area (Å²) in [6, 6.07) is 5.25. The molecular formula is C53H89FN6O13. The average molecular weight is 1040 g/mol. The van der Waals surface area contributed by atoms with Crippen molar-refractivity contribution in [1.29, 1.82) is 0 Å². The van der Waals surface area contributed by atoms with E-state index in [-0.39, 0.29) is 25.2 Å². The molecule has 0 radical (unpaired) electrons. The lowest BCUT2D eigenvalue weighted by molar-refractivity contribution is -0.302. The highest BCUT2D eigenvalue weighted by atomic mass is 19.1. The number of hydrogen-bond donors (Lipinski definition) is 6. The minimum atomic E-state index is -1.83. The molecule has 416 valence electrons. The van der Waals surface area contributed by atoms with Crippen LogP contribution in [0.3, 0.4) is 0 Å². The SMILES string of the molecule is CC[C@H]1OC(=O)[C@H](C)[C@@H](C2C[C@@](C)(OC)[C@@H](O)[C@H](C)O2)[C@H](C)[C@@H](O[C@@H]2O[C@H](C)C[C@H](N(C)CCc3cn([C@H](CF)[C@H](OC)c4ccc(/C(C)=N/O)cc4)nn3)[C@H]2O)[C@](C)(O)C[C@@H](C)CN(C)[C@H](C)[C@@H](O)[C@]1(C)O.